The Hall–Kier alpha value is -0.330. The average molecular weight is 413 g/mol. The molecule has 0 amide bonds. The van der Waals surface area contributed by atoms with Crippen LogP contribution in [0.5, 0.6) is 0 Å². The molecule has 10 atom stereocenters. The molecular weight excluding hydrogens is 364 g/mol. The zero-order valence-corrected chi connectivity index (χ0v) is 21.0. The summed E-state index contributed by atoms with van der Waals surface area (Å²) in [5.74, 6) is 5.97. The number of carbonyl (C=O) groups excluding carboxylic acids is 1. The summed E-state index contributed by atoms with van der Waals surface area (Å²) in [5, 5.41) is 0. The lowest BCUT2D eigenvalue weighted by Crippen LogP contribution is -2.65. The van der Waals surface area contributed by atoms with Crippen molar-refractivity contribution in [1.29, 1.82) is 0 Å². The van der Waals surface area contributed by atoms with Gasteiger partial charge in [-0.2, -0.15) is 0 Å². The van der Waals surface area contributed by atoms with E-state index in [0.717, 1.165) is 42.4 Å². The molecule has 0 spiro atoms. The van der Waals surface area contributed by atoms with Gasteiger partial charge >= 0.3 is 0 Å². The summed E-state index contributed by atoms with van der Waals surface area (Å²) in [6.07, 6.45) is 13.5. The van der Waals surface area contributed by atoms with Crippen LogP contribution in [-0.4, -0.2) is 5.78 Å². The lowest BCUT2D eigenvalue weighted by molar-refractivity contribution is -0.227. The second-order valence-corrected chi connectivity index (χ2v) is 14.1. The van der Waals surface area contributed by atoms with E-state index in [2.05, 4.69) is 48.5 Å². The fraction of sp³-hybridized carbons (Fsp3) is 0.966. The molecule has 0 heterocycles. The third-order valence-electron chi connectivity index (χ3n) is 13.1. The summed E-state index contributed by atoms with van der Waals surface area (Å²) in [4.78, 5) is 12.6. The molecule has 0 aromatic heterocycles. The molecular formula is C29H48O. The van der Waals surface area contributed by atoms with E-state index >= 15 is 0 Å². The van der Waals surface area contributed by atoms with Crippen LogP contribution in [0.2, 0.25) is 0 Å². The molecule has 0 aromatic carbocycles. The van der Waals surface area contributed by atoms with Gasteiger partial charge in [0, 0.05) is 12.3 Å². The van der Waals surface area contributed by atoms with Crippen molar-refractivity contribution < 1.29 is 4.79 Å². The quantitative estimate of drug-likeness (QED) is 0.427. The molecule has 5 rings (SSSR count). The molecule has 0 N–H and O–H groups in total. The van der Waals surface area contributed by atoms with Crippen molar-refractivity contribution in [2.75, 3.05) is 0 Å². The van der Waals surface area contributed by atoms with Crippen molar-refractivity contribution in [1.82, 2.24) is 0 Å². The van der Waals surface area contributed by atoms with Crippen molar-refractivity contribution in [3.05, 3.63) is 0 Å². The fourth-order valence-corrected chi connectivity index (χ4v) is 11.2. The van der Waals surface area contributed by atoms with E-state index in [-0.39, 0.29) is 0 Å². The van der Waals surface area contributed by atoms with E-state index in [9.17, 15) is 4.79 Å². The zero-order valence-electron chi connectivity index (χ0n) is 21.0. The van der Waals surface area contributed by atoms with E-state index in [4.69, 9.17) is 0 Å². The molecule has 5 aliphatic carbocycles. The van der Waals surface area contributed by atoms with Crippen molar-refractivity contribution in [3.63, 3.8) is 0 Å². The number of hydrogen-bond acceptors (Lipinski definition) is 1. The molecule has 4 unspecified atom stereocenters. The fourth-order valence-electron chi connectivity index (χ4n) is 11.2. The van der Waals surface area contributed by atoms with Crippen LogP contribution < -0.4 is 0 Å². The lowest BCUT2D eigenvalue weighted by Gasteiger charge is -2.71. The second kappa shape index (κ2) is 6.60. The first-order valence-corrected chi connectivity index (χ1v) is 13.5. The van der Waals surface area contributed by atoms with Crippen LogP contribution in [0.4, 0.5) is 0 Å². The first kappa shape index (κ1) is 21.5. The summed E-state index contributed by atoms with van der Waals surface area (Å²) in [6, 6.07) is 0. The molecule has 1 heteroatoms. The first-order chi connectivity index (χ1) is 14.0. The Morgan fingerprint density at radius 1 is 0.800 bits per heavy atom. The number of carbonyl (C=O) groups is 1. The molecule has 30 heavy (non-hydrogen) atoms. The van der Waals surface area contributed by atoms with E-state index < -0.39 is 0 Å². The van der Waals surface area contributed by atoms with Crippen molar-refractivity contribution in [3.8, 4) is 0 Å². The Bertz CT molecular complexity index is 724. The number of ketones is 1. The van der Waals surface area contributed by atoms with Gasteiger partial charge in [-0.1, -0.05) is 48.5 Å². The largest absolute Gasteiger partial charge is 0.299 e. The third kappa shape index (κ3) is 2.50. The molecule has 0 aromatic rings. The Morgan fingerprint density at radius 3 is 2.23 bits per heavy atom. The SMILES string of the molecule is CC(C)[C@@H]1CC[C@]2(C)CC[C@]3(C)C(CCC4[C@@]5(C)CCC(=O)[C@H](C)C5CC[C@]43C)C12. The maximum atomic E-state index is 12.6. The van der Waals surface area contributed by atoms with E-state index in [1.54, 1.807) is 0 Å². The van der Waals surface area contributed by atoms with Gasteiger partial charge in [-0.15, -0.1) is 0 Å². The first-order valence-electron chi connectivity index (χ1n) is 13.5. The van der Waals surface area contributed by atoms with Gasteiger partial charge < -0.3 is 0 Å². The average Bonchev–Trinajstić information content (AvgIpc) is 3.04. The van der Waals surface area contributed by atoms with Gasteiger partial charge in [0.15, 0.2) is 0 Å². The summed E-state index contributed by atoms with van der Waals surface area (Å²) >= 11 is 0. The Kier molecular flexibility index (Phi) is 4.73. The van der Waals surface area contributed by atoms with Gasteiger partial charge in [-0.25, -0.2) is 0 Å². The van der Waals surface area contributed by atoms with Crippen LogP contribution in [0.3, 0.4) is 0 Å². The summed E-state index contributed by atoms with van der Waals surface area (Å²) in [5.41, 5.74) is 1.96. The van der Waals surface area contributed by atoms with E-state index in [1.807, 2.05) is 0 Å². The molecule has 5 aliphatic rings. The van der Waals surface area contributed by atoms with Crippen LogP contribution in [0.1, 0.15) is 113 Å². The molecule has 0 saturated heterocycles. The van der Waals surface area contributed by atoms with Crippen LogP contribution in [0.25, 0.3) is 0 Å². The summed E-state index contributed by atoms with van der Waals surface area (Å²) in [7, 11) is 0. The Labute approximate surface area is 186 Å². The Balaban J connectivity index is 1.53. The highest BCUT2D eigenvalue weighted by atomic mass is 16.1. The predicted molar refractivity (Wildman–Crippen MR) is 125 cm³/mol. The maximum Gasteiger partial charge on any atom is 0.136 e. The van der Waals surface area contributed by atoms with E-state index in [1.165, 1.54) is 51.4 Å². The molecule has 0 bridgehead atoms. The highest BCUT2D eigenvalue weighted by molar-refractivity contribution is 5.82. The topological polar surface area (TPSA) is 17.1 Å². The standard InChI is InChI=1S/C29H48O/c1-18(2)20-10-13-26(4)16-17-28(6)22(25(20)26)8-9-24-27(5)14-12-23(30)19(3)21(27)11-15-29(24,28)7/h18-22,24-25H,8-17H2,1-7H3/t19-,20+,21?,22?,24?,25?,26-,27+,28-,29-/m1/s1. The van der Waals surface area contributed by atoms with Gasteiger partial charge in [0.2, 0.25) is 0 Å². The monoisotopic (exact) mass is 412 g/mol. The number of Topliss-reactive ketones (excluding diaryl/α,β-unsaturated/α-hetero) is 1. The highest BCUT2D eigenvalue weighted by Crippen LogP contribution is 2.76. The molecule has 5 fully saturated rings. The third-order valence-corrected chi connectivity index (χ3v) is 13.1. The van der Waals surface area contributed by atoms with Gasteiger partial charge in [0.05, 0.1) is 0 Å². The molecule has 0 radical (unpaired) electrons. The minimum atomic E-state index is 0.300. The van der Waals surface area contributed by atoms with Gasteiger partial charge in [-0.3, -0.25) is 4.79 Å². The van der Waals surface area contributed by atoms with Crippen LogP contribution in [0.15, 0.2) is 0 Å². The molecule has 1 nitrogen and oxygen atoms in total. The van der Waals surface area contributed by atoms with Crippen LogP contribution in [0, 0.1) is 63.1 Å². The minimum absolute atomic E-state index is 0.300. The van der Waals surface area contributed by atoms with Crippen LogP contribution in [-0.2, 0) is 4.79 Å². The predicted octanol–water partition coefficient (Wildman–Crippen LogP) is 7.92. The van der Waals surface area contributed by atoms with E-state index in [0.29, 0.717) is 39.3 Å². The molecule has 5 saturated carbocycles. The van der Waals surface area contributed by atoms with Crippen molar-refractivity contribution in [2.45, 2.75) is 113 Å². The van der Waals surface area contributed by atoms with Crippen molar-refractivity contribution in [2.24, 2.45) is 63.1 Å². The molecule has 170 valence electrons. The zero-order chi connectivity index (χ0) is 21.7. The number of rotatable bonds is 1. The Morgan fingerprint density at radius 2 is 1.53 bits per heavy atom. The smallest absolute Gasteiger partial charge is 0.136 e. The van der Waals surface area contributed by atoms with Crippen LogP contribution >= 0.6 is 0 Å². The molecule has 0 aliphatic heterocycles. The lowest BCUT2D eigenvalue weighted by atomic mass is 9.33. The minimum Gasteiger partial charge on any atom is -0.299 e. The summed E-state index contributed by atoms with van der Waals surface area (Å²) < 4.78 is 0. The van der Waals surface area contributed by atoms with Gasteiger partial charge in [-0.05, 0) is 115 Å². The highest BCUT2D eigenvalue weighted by Gasteiger charge is 2.69. The summed E-state index contributed by atoms with van der Waals surface area (Å²) in [6.45, 7) is 18.0. The van der Waals surface area contributed by atoms with Crippen molar-refractivity contribution >= 4 is 5.78 Å². The normalized spacial score (nSPS) is 58.1. The number of hydrogen-bond donors (Lipinski definition) is 0. The maximum absolute atomic E-state index is 12.6. The van der Waals surface area contributed by atoms with Gasteiger partial charge in [0.25, 0.3) is 0 Å². The number of fused-ring (bicyclic) bond motifs is 7. The second-order valence-electron chi connectivity index (χ2n) is 14.1. The van der Waals surface area contributed by atoms with Gasteiger partial charge in [0.1, 0.15) is 5.78 Å².